The van der Waals surface area contributed by atoms with Gasteiger partial charge in [-0.3, -0.25) is 4.79 Å². The lowest BCUT2D eigenvalue weighted by Crippen LogP contribution is -2.07. The van der Waals surface area contributed by atoms with Gasteiger partial charge >= 0.3 is 5.97 Å². The third-order valence-corrected chi connectivity index (χ3v) is 5.12. The number of para-hydroxylation sites is 1. The van der Waals surface area contributed by atoms with Crippen molar-refractivity contribution in [2.24, 2.45) is 0 Å². The number of carbonyl (C=O) groups excluding carboxylic acids is 2. The lowest BCUT2D eigenvalue weighted by atomic mass is 10.0. The maximum Gasteiger partial charge on any atom is 0.379 e. The number of carbonyl (C=O) groups is 2. The maximum atomic E-state index is 12.8. The van der Waals surface area contributed by atoms with Gasteiger partial charge in [-0.25, -0.2) is 4.79 Å². The molecule has 1 aliphatic rings. The molecule has 2 heterocycles. The van der Waals surface area contributed by atoms with E-state index in [-0.39, 0.29) is 23.1 Å². The zero-order chi connectivity index (χ0) is 21.5. The molecule has 0 aliphatic carbocycles. The Morgan fingerprint density at radius 3 is 2.61 bits per heavy atom. The fraction of sp³-hybridized carbons (Fsp3) is 0.0769. The van der Waals surface area contributed by atoms with Crippen molar-refractivity contribution in [1.82, 2.24) is 0 Å². The molecule has 31 heavy (non-hydrogen) atoms. The molecule has 0 atom stereocenters. The van der Waals surface area contributed by atoms with Crippen LogP contribution in [0.4, 0.5) is 0 Å². The molecular formula is C26H18O5. The van der Waals surface area contributed by atoms with Crippen molar-refractivity contribution >= 4 is 28.8 Å². The zero-order valence-corrected chi connectivity index (χ0v) is 17.0. The molecule has 152 valence electrons. The monoisotopic (exact) mass is 410 g/mol. The molecular weight excluding hydrogens is 392 g/mol. The van der Waals surface area contributed by atoms with Crippen LogP contribution in [0.15, 0.2) is 76.9 Å². The highest BCUT2D eigenvalue weighted by Crippen LogP contribution is 2.38. The molecule has 0 spiro atoms. The minimum absolute atomic E-state index is 0.108. The number of Topliss-reactive ketones (excluding diaryl/α,β-unsaturated/α-hetero) is 1. The third-order valence-electron chi connectivity index (χ3n) is 5.12. The number of rotatable bonds is 3. The van der Waals surface area contributed by atoms with Crippen molar-refractivity contribution < 1.29 is 23.5 Å². The summed E-state index contributed by atoms with van der Waals surface area (Å²) in [6.07, 6.45) is 1.72. The molecule has 5 heteroatoms. The zero-order valence-electron chi connectivity index (χ0n) is 17.0. The van der Waals surface area contributed by atoms with Gasteiger partial charge in [-0.1, -0.05) is 48.0 Å². The Bertz CT molecular complexity index is 1360. The van der Waals surface area contributed by atoms with Crippen molar-refractivity contribution in [2.45, 2.75) is 13.8 Å². The van der Waals surface area contributed by atoms with Gasteiger partial charge in [0.2, 0.25) is 11.5 Å². The second-order valence-electron chi connectivity index (χ2n) is 7.51. The fourth-order valence-corrected chi connectivity index (χ4v) is 3.69. The number of benzene rings is 3. The highest BCUT2D eigenvalue weighted by molar-refractivity contribution is 6.15. The second-order valence-corrected chi connectivity index (χ2v) is 7.51. The van der Waals surface area contributed by atoms with Crippen LogP contribution >= 0.6 is 0 Å². The van der Waals surface area contributed by atoms with E-state index in [2.05, 4.69) is 0 Å². The Balaban J connectivity index is 1.42. The number of ketones is 1. The molecule has 0 amide bonds. The van der Waals surface area contributed by atoms with Gasteiger partial charge in [0.1, 0.15) is 17.1 Å². The standard InChI is InChI=1S/C26H18O5/c1-15-6-5-7-17(10-15)12-22-25(27)24-16(2)11-19(14-21(24)31-22)29-26(28)23-13-18-8-3-4-9-20(18)30-23/h3-14H,1-2H3/b22-12-. The van der Waals surface area contributed by atoms with E-state index < -0.39 is 5.97 Å². The third kappa shape index (κ3) is 3.51. The van der Waals surface area contributed by atoms with Crippen molar-refractivity contribution in [2.75, 3.05) is 0 Å². The van der Waals surface area contributed by atoms with Gasteiger partial charge in [-0.05, 0) is 49.2 Å². The summed E-state index contributed by atoms with van der Waals surface area (Å²) in [7, 11) is 0. The number of allylic oxidation sites excluding steroid dienone is 1. The summed E-state index contributed by atoms with van der Waals surface area (Å²) in [5, 5.41) is 0.819. The molecule has 1 aliphatic heterocycles. The van der Waals surface area contributed by atoms with E-state index in [0.717, 1.165) is 16.5 Å². The Kier molecular flexibility index (Phi) is 4.44. The molecule has 4 aromatic rings. The quantitative estimate of drug-likeness (QED) is 0.240. The predicted molar refractivity (Wildman–Crippen MR) is 116 cm³/mol. The Morgan fingerprint density at radius 2 is 1.81 bits per heavy atom. The summed E-state index contributed by atoms with van der Waals surface area (Å²) in [6, 6.07) is 20.0. The first-order valence-corrected chi connectivity index (χ1v) is 9.84. The molecule has 0 bridgehead atoms. The first-order chi connectivity index (χ1) is 15.0. The van der Waals surface area contributed by atoms with Gasteiger partial charge in [-0.15, -0.1) is 0 Å². The van der Waals surface area contributed by atoms with E-state index in [9.17, 15) is 9.59 Å². The minimum Gasteiger partial charge on any atom is -0.452 e. The van der Waals surface area contributed by atoms with Crippen LogP contribution in [0.25, 0.3) is 17.0 Å². The van der Waals surface area contributed by atoms with E-state index in [1.54, 1.807) is 37.3 Å². The minimum atomic E-state index is -0.615. The van der Waals surface area contributed by atoms with Crippen LogP contribution in [0.1, 0.15) is 37.6 Å². The average molecular weight is 410 g/mol. The Morgan fingerprint density at radius 1 is 0.968 bits per heavy atom. The maximum absolute atomic E-state index is 12.8. The first kappa shape index (κ1) is 18.9. The van der Waals surface area contributed by atoms with Gasteiger partial charge in [0.05, 0.1) is 5.56 Å². The number of aryl methyl sites for hydroxylation is 2. The predicted octanol–water partition coefficient (Wildman–Crippen LogP) is 5.89. The molecule has 5 rings (SSSR count). The van der Waals surface area contributed by atoms with Crippen molar-refractivity contribution in [1.29, 1.82) is 0 Å². The summed E-state index contributed by atoms with van der Waals surface area (Å²) in [4.78, 5) is 25.4. The van der Waals surface area contributed by atoms with Crippen LogP contribution in [-0.2, 0) is 0 Å². The van der Waals surface area contributed by atoms with Gasteiger partial charge < -0.3 is 13.9 Å². The first-order valence-electron chi connectivity index (χ1n) is 9.84. The molecule has 3 aromatic carbocycles. The molecule has 0 saturated heterocycles. The number of hydrogen-bond donors (Lipinski definition) is 0. The Labute approximate surface area is 178 Å². The van der Waals surface area contributed by atoms with Crippen LogP contribution in [0.5, 0.6) is 11.5 Å². The van der Waals surface area contributed by atoms with Crippen molar-refractivity contribution in [3.63, 3.8) is 0 Å². The molecule has 0 radical (unpaired) electrons. The molecule has 0 fully saturated rings. The van der Waals surface area contributed by atoms with E-state index in [1.807, 2.05) is 49.4 Å². The van der Waals surface area contributed by atoms with E-state index in [1.165, 1.54) is 0 Å². The molecule has 0 N–H and O–H groups in total. The molecule has 1 aromatic heterocycles. The number of ether oxygens (including phenoxy) is 2. The largest absolute Gasteiger partial charge is 0.452 e. The number of esters is 1. The second kappa shape index (κ2) is 7.29. The van der Waals surface area contributed by atoms with Crippen molar-refractivity contribution in [3.8, 4) is 11.5 Å². The topological polar surface area (TPSA) is 65.7 Å². The van der Waals surface area contributed by atoms with E-state index in [0.29, 0.717) is 22.5 Å². The summed E-state index contributed by atoms with van der Waals surface area (Å²) in [6.45, 7) is 3.77. The highest BCUT2D eigenvalue weighted by Gasteiger charge is 2.30. The van der Waals surface area contributed by atoms with Gasteiger partial charge in [0.15, 0.2) is 5.76 Å². The smallest absolute Gasteiger partial charge is 0.379 e. The molecule has 0 unspecified atom stereocenters. The number of furan rings is 1. The summed E-state index contributed by atoms with van der Waals surface area (Å²) in [5.74, 6) is 0.197. The van der Waals surface area contributed by atoms with E-state index >= 15 is 0 Å². The highest BCUT2D eigenvalue weighted by atomic mass is 16.5. The Hall–Kier alpha value is -4.12. The lowest BCUT2D eigenvalue weighted by Gasteiger charge is -2.06. The van der Waals surface area contributed by atoms with Gasteiger partial charge in [0, 0.05) is 11.5 Å². The van der Waals surface area contributed by atoms with Crippen molar-refractivity contribution in [3.05, 3.63) is 101 Å². The van der Waals surface area contributed by atoms with Crippen LogP contribution in [-0.4, -0.2) is 11.8 Å². The van der Waals surface area contributed by atoms with Crippen LogP contribution in [0.3, 0.4) is 0 Å². The summed E-state index contributed by atoms with van der Waals surface area (Å²) >= 11 is 0. The number of hydrogen-bond acceptors (Lipinski definition) is 5. The van der Waals surface area contributed by atoms with Gasteiger partial charge in [-0.2, -0.15) is 0 Å². The SMILES string of the molecule is Cc1cccc(/C=C2\Oc3cc(OC(=O)c4cc5ccccc5o4)cc(C)c3C2=O)c1. The van der Waals surface area contributed by atoms with Crippen LogP contribution in [0, 0.1) is 13.8 Å². The normalized spacial score (nSPS) is 14.0. The van der Waals surface area contributed by atoms with Crippen LogP contribution < -0.4 is 9.47 Å². The lowest BCUT2D eigenvalue weighted by molar-refractivity contribution is 0.0703. The molecule has 0 saturated carbocycles. The summed E-state index contributed by atoms with van der Waals surface area (Å²) < 4.78 is 16.9. The van der Waals surface area contributed by atoms with E-state index in [4.69, 9.17) is 13.9 Å². The average Bonchev–Trinajstić information content (AvgIpc) is 3.30. The summed E-state index contributed by atoms with van der Waals surface area (Å²) in [5.41, 5.74) is 3.73. The number of fused-ring (bicyclic) bond motifs is 2. The molecule has 5 nitrogen and oxygen atoms in total. The van der Waals surface area contributed by atoms with Crippen LogP contribution in [0.2, 0.25) is 0 Å². The fourth-order valence-electron chi connectivity index (χ4n) is 3.69. The van der Waals surface area contributed by atoms with Gasteiger partial charge in [0.25, 0.3) is 0 Å².